The number of carbonyl (C=O) groups excluding carboxylic acids is 1. The number of esters is 1. The van der Waals surface area contributed by atoms with Crippen LogP contribution < -0.4 is 0 Å². The number of aliphatic hydroxyl groups is 2. The molecule has 2 N–H and O–H groups in total. The van der Waals surface area contributed by atoms with Crippen LogP contribution in [0.15, 0.2) is 12.2 Å². The van der Waals surface area contributed by atoms with E-state index < -0.39 is 11.5 Å². The van der Waals surface area contributed by atoms with Crippen molar-refractivity contribution in [3.05, 3.63) is 12.2 Å². The third-order valence-corrected chi connectivity index (χ3v) is 5.60. The van der Waals surface area contributed by atoms with Crippen LogP contribution in [-0.2, 0) is 9.53 Å². The first-order valence-corrected chi connectivity index (χ1v) is 6.08. The Morgan fingerprint density at radius 2 is 2.06 bits per heavy atom. The highest BCUT2D eigenvalue weighted by atomic mass is 16.5. The van der Waals surface area contributed by atoms with Crippen molar-refractivity contribution in [3.8, 4) is 0 Å². The minimum absolute atomic E-state index is 0.00611. The number of fused-ring (bicyclic) bond motifs is 5. The van der Waals surface area contributed by atoms with Crippen LogP contribution in [0.4, 0.5) is 0 Å². The Bertz CT molecular complexity index is 404. The molecule has 0 aromatic carbocycles. The minimum atomic E-state index is -0.445. The molecule has 0 saturated heterocycles. The lowest BCUT2D eigenvalue weighted by Gasteiger charge is -2.23. The second-order valence-corrected chi connectivity index (χ2v) is 5.76. The smallest absolute Gasteiger partial charge is 0.305 e. The average molecular weight is 238 g/mol. The first-order chi connectivity index (χ1) is 8.04. The third-order valence-electron chi connectivity index (χ3n) is 5.60. The van der Waals surface area contributed by atoms with Crippen molar-refractivity contribution in [2.24, 2.45) is 28.6 Å². The van der Waals surface area contributed by atoms with Crippen molar-refractivity contribution in [2.45, 2.75) is 19.4 Å². The molecule has 17 heavy (non-hydrogen) atoms. The Hall–Kier alpha value is -0.870. The molecule has 3 rings (SSSR count). The molecule has 0 amide bonds. The van der Waals surface area contributed by atoms with Gasteiger partial charge in [0.05, 0.1) is 19.8 Å². The summed E-state index contributed by atoms with van der Waals surface area (Å²) in [7, 11) is 1.39. The molecule has 4 heteroatoms. The maximum Gasteiger partial charge on any atom is 0.305 e. The van der Waals surface area contributed by atoms with E-state index in [0.29, 0.717) is 6.42 Å². The van der Waals surface area contributed by atoms with E-state index in [-0.39, 0.29) is 35.7 Å². The SMILES string of the molecule is COC(=O)CC1C2C=CC1C1(CO)C(O)C21C. The average Bonchev–Trinajstić information content (AvgIpc) is 2.65. The molecular weight excluding hydrogens is 220 g/mol. The predicted octanol–water partition coefficient (Wildman–Crippen LogP) is 0.341. The summed E-state index contributed by atoms with van der Waals surface area (Å²) in [5.74, 6) is 0.273. The molecule has 6 unspecified atom stereocenters. The van der Waals surface area contributed by atoms with Gasteiger partial charge < -0.3 is 14.9 Å². The number of rotatable bonds is 3. The molecule has 0 aliphatic heterocycles. The number of carbonyl (C=O) groups is 1. The summed E-state index contributed by atoms with van der Waals surface area (Å²) >= 11 is 0. The van der Waals surface area contributed by atoms with Crippen molar-refractivity contribution in [1.82, 2.24) is 0 Å². The van der Waals surface area contributed by atoms with Gasteiger partial charge in [0.2, 0.25) is 0 Å². The molecule has 4 nitrogen and oxygen atoms in total. The zero-order valence-electron chi connectivity index (χ0n) is 10.1. The number of allylic oxidation sites excluding steroid dienone is 2. The lowest BCUT2D eigenvalue weighted by molar-refractivity contribution is -0.142. The fourth-order valence-electron chi connectivity index (χ4n) is 4.59. The summed E-state index contributed by atoms with van der Waals surface area (Å²) < 4.78 is 4.72. The Morgan fingerprint density at radius 3 is 2.59 bits per heavy atom. The van der Waals surface area contributed by atoms with Crippen LogP contribution in [0.1, 0.15) is 13.3 Å². The van der Waals surface area contributed by atoms with Gasteiger partial charge in [-0.05, 0) is 17.8 Å². The third kappa shape index (κ3) is 0.960. The summed E-state index contributed by atoms with van der Waals surface area (Å²) in [6, 6.07) is 0. The van der Waals surface area contributed by atoms with Gasteiger partial charge in [-0.15, -0.1) is 0 Å². The van der Waals surface area contributed by atoms with E-state index in [0.717, 1.165) is 0 Å². The molecule has 3 aliphatic carbocycles. The molecule has 2 bridgehead atoms. The van der Waals surface area contributed by atoms with Gasteiger partial charge in [0, 0.05) is 17.3 Å². The summed E-state index contributed by atoms with van der Waals surface area (Å²) in [5.41, 5.74) is -0.662. The fraction of sp³-hybridized carbons (Fsp3) is 0.769. The minimum Gasteiger partial charge on any atom is -0.469 e. The molecule has 0 aromatic rings. The standard InChI is InChI=1S/C13H18O4/c1-12-8-3-4-9(7(8)5-10(15)17-2)13(12,6-14)11(12)16/h3-4,7-9,11,14,16H,5-6H2,1-2H3. The highest BCUT2D eigenvalue weighted by Gasteiger charge is 2.85. The van der Waals surface area contributed by atoms with Gasteiger partial charge in [-0.2, -0.15) is 0 Å². The fourth-order valence-corrected chi connectivity index (χ4v) is 4.59. The second kappa shape index (κ2) is 3.12. The summed E-state index contributed by atoms with van der Waals surface area (Å²) in [6.07, 6.45) is 4.09. The second-order valence-electron chi connectivity index (χ2n) is 5.76. The van der Waals surface area contributed by atoms with Crippen molar-refractivity contribution >= 4 is 5.97 Å². The van der Waals surface area contributed by atoms with Crippen LogP contribution in [0.25, 0.3) is 0 Å². The number of hydrogen-bond donors (Lipinski definition) is 2. The van der Waals surface area contributed by atoms with Gasteiger partial charge in [0.1, 0.15) is 0 Å². The summed E-state index contributed by atoms with van der Waals surface area (Å²) in [4.78, 5) is 11.4. The van der Waals surface area contributed by atoms with Crippen LogP contribution in [-0.4, -0.2) is 36.0 Å². The van der Waals surface area contributed by atoms with E-state index in [4.69, 9.17) is 4.74 Å². The number of hydrogen-bond acceptors (Lipinski definition) is 4. The zero-order chi connectivity index (χ0) is 12.4. The van der Waals surface area contributed by atoms with E-state index in [1.54, 1.807) is 0 Å². The zero-order valence-corrected chi connectivity index (χ0v) is 10.1. The Labute approximate surface area is 100 Å². The molecule has 94 valence electrons. The van der Waals surface area contributed by atoms with E-state index in [2.05, 4.69) is 12.2 Å². The van der Waals surface area contributed by atoms with E-state index in [1.807, 2.05) is 6.92 Å². The summed E-state index contributed by atoms with van der Waals surface area (Å²) in [5, 5.41) is 19.8. The molecule has 0 aromatic heterocycles. The maximum atomic E-state index is 11.4. The Kier molecular flexibility index (Phi) is 2.06. The van der Waals surface area contributed by atoms with Gasteiger partial charge >= 0.3 is 5.97 Å². The normalized spacial score (nSPS) is 53.6. The quantitative estimate of drug-likeness (QED) is 0.549. The van der Waals surface area contributed by atoms with Crippen LogP contribution in [0, 0.1) is 28.6 Å². The first kappa shape index (κ1) is 11.2. The number of ether oxygens (including phenoxy) is 1. The maximum absolute atomic E-state index is 11.4. The molecular formula is C13H18O4. The van der Waals surface area contributed by atoms with Gasteiger partial charge in [0.15, 0.2) is 0 Å². The highest BCUT2D eigenvalue weighted by Crippen LogP contribution is 2.81. The topological polar surface area (TPSA) is 66.8 Å². The molecule has 2 fully saturated rings. The molecule has 3 aliphatic rings. The monoisotopic (exact) mass is 238 g/mol. The van der Waals surface area contributed by atoms with Crippen molar-refractivity contribution < 1.29 is 19.7 Å². The molecule has 0 radical (unpaired) electrons. The lowest BCUT2D eigenvalue weighted by Crippen LogP contribution is -2.27. The van der Waals surface area contributed by atoms with Gasteiger partial charge in [0.25, 0.3) is 0 Å². The predicted molar refractivity (Wildman–Crippen MR) is 59.9 cm³/mol. The van der Waals surface area contributed by atoms with Crippen molar-refractivity contribution in [3.63, 3.8) is 0 Å². The van der Waals surface area contributed by atoms with E-state index >= 15 is 0 Å². The van der Waals surface area contributed by atoms with Crippen molar-refractivity contribution in [2.75, 3.05) is 13.7 Å². The lowest BCUT2D eigenvalue weighted by atomic mass is 9.83. The van der Waals surface area contributed by atoms with Crippen LogP contribution in [0.3, 0.4) is 0 Å². The van der Waals surface area contributed by atoms with E-state index in [1.165, 1.54) is 7.11 Å². The van der Waals surface area contributed by atoms with Crippen LogP contribution in [0.5, 0.6) is 0 Å². The first-order valence-electron chi connectivity index (χ1n) is 6.08. The molecule has 2 saturated carbocycles. The van der Waals surface area contributed by atoms with E-state index in [9.17, 15) is 15.0 Å². The number of aliphatic hydroxyl groups excluding tert-OH is 2. The van der Waals surface area contributed by atoms with Crippen LogP contribution in [0.2, 0.25) is 0 Å². The van der Waals surface area contributed by atoms with Gasteiger partial charge in [-0.25, -0.2) is 0 Å². The molecule has 0 spiro atoms. The van der Waals surface area contributed by atoms with Gasteiger partial charge in [-0.3, -0.25) is 4.79 Å². The Balaban J connectivity index is 1.89. The molecule has 6 atom stereocenters. The molecule has 0 heterocycles. The van der Waals surface area contributed by atoms with Crippen LogP contribution >= 0.6 is 0 Å². The highest BCUT2D eigenvalue weighted by molar-refractivity contribution is 5.70. The Morgan fingerprint density at radius 1 is 1.41 bits per heavy atom. The van der Waals surface area contributed by atoms with Gasteiger partial charge in [-0.1, -0.05) is 19.1 Å². The summed E-state index contributed by atoms with van der Waals surface area (Å²) in [6.45, 7) is 2.01. The largest absolute Gasteiger partial charge is 0.469 e. The van der Waals surface area contributed by atoms with Crippen molar-refractivity contribution in [1.29, 1.82) is 0 Å². The number of methoxy groups -OCH3 is 1.